The second kappa shape index (κ2) is 13.5. The third kappa shape index (κ3) is 7.84. The van der Waals surface area contributed by atoms with Crippen LogP contribution in [-0.4, -0.2) is 35.3 Å². The first-order valence-electron chi connectivity index (χ1n) is 12.9. The van der Waals surface area contributed by atoms with E-state index in [0.29, 0.717) is 5.17 Å². The first kappa shape index (κ1) is 29.1. The molecule has 5 aromatic rings. The van der Waals surface area contributed by atoms with Crippen LogP contribution in [0.4, 0.5) is 5.69 Å². The van der Waals surface area contributed by atoms with Gasteiger partial charge in [0.25, 0.3) is 5.17 Å². The molecule has 0 spiro atoms. The van der Waals surface area contributed by atoms with Crippen molar-refractivity contribution < 1.29 is 24.5 Å². The number of hydrogen-bond acceptors (Lipinski definition) is 6. The van der Waals surface area contributed by atoms with Gasteiger partial charge in [-0.15, -0.1) is 0 Å². The first-order chi connectivity index (χ1) is 19.7. The lowest BCUT2D eigenvalue weighted by Crippen LogP contribution is -2.29. The largest absolute Gasteiger partial charge is 0.508 e. The number of ketones is 1. The second-order valence-corrected chi connectivity index (χ2v) is 9.77. The van der Waals surface area contributed by atoms with Gasteiger partial charge in [0.05, 0.1) is 12.7 Å². The Morgan fingerprint density at radius 2 is 1.51 bits per heavy atom. The Morgan fingerprint density at radius 3 is 2.20 bits per heavy atom. The van der Waals surface area contributed by atoms with E-state index in [0.717, 1.165) is 34.2 Å². The van der Waals surface area contributed by atoms with Gasteiger partial charge in [-0.1, -0.05) is 54.6 Å². The average Bonchev–Trinajstić information content (AvgIpc) is 2.97. The lowest BCUT2D eigenvalue weighted by atomic mass is 10.0. The number of aryl methyl sites for hydroxylation is 1. The van der Waals surface area contributed by atoms with Gasteiger partial charge in [-0.05, 0) is 89.6 Å². The summed E-state index contributed by atoms with van der Waals surface area (Å²) in [5, 5.41) is 21.6. The number of Topliss-reactive ketones (excluding diaryl/α,β-unsaturated/α-hetero) is 1. The Morgan fingerprint density at radius 1 is 0.805 bits per heavy atom. The molecular weight excluding hydrogens is 534 g/mol. The highest BCUT2D eigenvalue weighted by Gasteiger charge is 2.13. The van der Waals surface area contributed by atoms with Gasteiger partial charge in [0.15, 0.2) is 5.78 Å². The van der Waals surface area contributed by atoms with E-state index in [-0.39, 0.29) is 29.3 Å². The molecule has 0 unspecified atom stereocenters. The highest BCUT2D eigenvalue weighted by Crippen LogP contribution is 2.25. The maximum atomic E-state index is 12.0. The number of fused-ring (bicyclic) bond motifs is 1. The van der Waals surface area contributed by atoms with Crippen LogP contribution < -0.4 is 14.4 Å². The molecule has 0 saturated heterocycles. The molecule has 0 atom stereocenters. The number of ether oxygens (including phenoxy) is 2. The highest BCUT2D eigenvalue weighted by atomic mass is 32.1. The number of nitrogens with zero attached hydrogens (tertiary/aromatic N) is 1. The van der Waals surface area contributed by atoms with Gasteiger partial charge >= 0.3 is 0 Å². The number of anilines is 1. The molecule has 0 bridgehead atoms. The number of rotatable bonds is 6. The fourth-order valence-corrected chi connectivity index (χ4v) is 4.32. The fourth-order valence-electron chi connectivity index (χ4n) is 4.12. The summed E-state index contributed by atoms with van der Waals surface area (Å²) in [5.41, 5.74) is 3.25. The number of methoxy groups -OCH3 is 1. The quantitative estimate of drug-likeness (QED) is 0.163. The molecule has 5 rings (SSSR count). The summed E-state index contributed by atoms with van der Waals surface area (Å²) in [5.74, 6) is 0.992. The van der Waals surface area contributed by atoms with Crippen LogP contribution in [0.3, 0.4) is 0 Å². The number of carbonyl (C=O) groups is 1. The van der Waals surface area contributed by atoms with Crippen molar-refractivity contribution in [3.63, 3.8) is 0 Å². The fraction of sp³-hybridized carbons (Fsp3) is 0.118. The third-order valence-electron chi connectivity index (χ3n) is 6.39. The van der Waals surface area contributed by atoms with Gasteiger partial charge in [-0.3, -0.25) is 4.79 Å². The lowest BCUT2D eigenvalue weighted by molar-refractivity contribution is 0.0990. The minimum atomic E-state index is -0.210. The SMILES string of the molecule is COc1ccc(CC(=O)c2ccc(O)cc2O)cc1.Cc1cccc(N(C)C(=S)Oc2ccc3ccccc3c2)c1. The van der Waals surface area contributed by atoms with E-state index in [1.54, 1.807) is 31.4 Å². The summed E-state index contributed by atoms with van der Waals surface area (Å²) in [6.45, 7) is 2.06. The number of phenolic OH excluding ortho intramolecular Hbond substituents is 2. The molecule has 41 heavy (non-hydrogen) atoms. The van der Waals surface area contributed by atoms with Gasteiger partial charge < -0.3 is 24.6 Å². The Bertz CT molecular complexity index is 1670. The summed E-state index contributed by atoms with van der Waals surface area (Å²) >= 11 is 5.41. The van der Waals surface area contributed by atoms with E-state index in [4.69, 9.17) is 21.7 Å². The maximum Gasteiger partial charge on any atom is 0.269 e. The number of hydrogen-bond donors (Lipinski definition) is 2. The van der Waals surface area contributed by atoms with Crippen LogP contribution in [0.5, 0.6) is 23.0 Å². The van der Waals surface area contributed by atoms with Crippen LogP contribution in [0.15, 0.2) is 109 Å². The highest BCUT2D eigenvalue weighted by molar-refractivity contribution is 7.80. The van der Waals surface area contributed by atoms with Crippen molar-refractivity contribution in [1.82, 2.24) is 0 Å². The molecule has 0 saturated carbocycles. The van der Waals surface area contributed by atoms with E-state index in [2.05, 4.69) is 31.2 Å². The molecule has 0 fully saturated rings. The Kier molecular flexibility index (Phi) is 9.55. The summed E-state index contributed by atoms with van der Waals surface area (Å²) in [6, 6.07) is 33.4. The standard InChI is InChI=1S/C19H17NOS.C15H14O4/c1-14-6-5-9-17(12-14)20(2)19(22)21-18-11-10-15-7-3-4-8-16(15)13-18;1-19-12-5-2-10(3-6-12)8-14(17)13-7-4-11(16)9-15(13)18/h3-13H,1-2H3;2-7,9,16,18H,8H2,1H3. The predicted molar refractivity (Wildman–Crippen MR) is 168 cm³/mol. The van der Waals surface area contributed by atoms with Crippen molar-refractivity contribution in [1.29, 1.82) is 0 Å². The number of benzene rings is 5. The number of thiocarbonyl (C=S) groups is 1. The molecule has 6 nitrogen and oxygen atoms in total. The van der Waals surface area contributed by atoms with Crippen molar-refractivity contribution in [3.8, 4) is 23.0 Å². The van der Waals surface area contributed by atoms with Gasteiger partial charge in [0.2, 0.25) is 0 Å². The van der Waals surface area contributed by atoms with E-state index >= 15 is 0 Å². The normalized spacial score (nSPS) is 10.3. The molecule has 0 aliphatic carbocycles. The summed E-state index contributed by atoms with van der Waals surface area (Å²) in [7, 11) is 3.49. The zero-order chi connectivity index (χ0) is 29.4. The Hall–Kier alpha value is -4.88. The van der Waals surface area contributed by atoms with E-state index in [1.165, 1.54) is 23.1 Å². The summed E-state index contributed by atoms with van der Waals surface area (Å²) < 4.78 is 10.9. The topological polar surface area (TPSA) is 79.2 Å². The molecule has 0 aliphatic heterocycles. The van der Waals surface area contributed by atoms with Crippen molar-refractivity contribution in [2.24, 2.45) is 0 Å². The van der Waals surface area contributed by atoms with Crippen molar-refractivity contribution in [2.75, 3.05) is 19.1 Å². The van der Waals surface area contributed by atoms with Crippen molar-refractivity contribution in [2.45, 2.75) is 13.3 Å². The van der Waals surface area contributed by atoms with Gasteiger partial charge in [0, 0.05) is 25.2 Å². The van der Waals surface area contributed by atoms with Gasteiger partial charge in [-0.25, -0.2) is 0 Å². The molecule has 0 amide bonds. The summed E-state index contributed by atoms with van der Waals surface area (Å²) in [4.78, 5) is 13.9. The molecule has 0 aromatic heterocycles. The molecule has 0 heterocycles. The molecule has 7 heteroatoms. The smallest absolute Gasteiger partial charge is 0.269 e. The van der Waals surface area contributed by atoms with E-state index < -0.39 is 0 Å². The molecular formula is C34H31NO5S. The lowest BCUT2D eigenvalue weighted by Gasteiger charge is -2.20. The van der Waals surface area contributed by atoms with Gasteiger partial charge in [-0.2, -0.15) is 0 Å². The van der Waals surface area contributed by atoms with Crippen LogP contribution in [0, 0.1) is 6.92 Å². The molecule has 0 radical (unpaired) electrons. The Balaban J connectivity index is 0.000000191. The number of aromatic hydroxyl groups is 2. The summed E-state index contributed by atoms with van der Waals surface area (Å²) in [6.07, 6.45) is 0.183. The molecule has 0 aliphatic rings. The van der Waals surface area contributed by atoms with Crippen LogP contribution >= 0.6 is 12.2 Å². The molecule has 5 aromatic carbocycles. The third-order valence-corrected chi connectivity index (χ3v) is 6.75. The maximum absolute atomic E-state index is 12.0. The van der Waals surface area contributed by atoms with Crippen LogP contribution in [-0.2, 0) is 6.42 Å². The number of phenols is 2. The van der Waals surface area contributed by atoms with Crippen LogP contribution in [0.2, 0.25) is 0 Å². The molecule has 208 valence electrons. The van der Waals surface area contributed by atoms with Crippen molar-refractivity contribution in [3.05, 3.63) is 126 Å². The minimum absolute atomic E-state index is 0.0708. The van der Waals surface area contributed by atoms with E-state index in [9.17, 15) is 15.0 Å². The van der Waals surface area contributed by atoms with Crippen LogP contribution in [0.1, 0.15) is 21.5 Å². The second-order valence-electron chi connectivity index (χ2n) is 9.42. The Labute approximate surface area is 245 Å². The predicted octanol–water partition coefficient (Wildman–Crippen LogP) is 7.48. The minimum Gasteiger partial charge on any atom is -0.508 e. The first-order valence-corrected chi connectivity index (χ1v) is 13.3. The monoisotopic (exact) mass is 565 g/mol. The zero-order valence-corrected chi connectivity index (χ0v) is 23.9. The molecule has 2 N–H and O–H groups in total. The zero-order valence-electron chi connectivity index (χ0n) is 23.1. The van der Waals surface area contributed by atoms with Crippen LogP contribution in [0.25, 0.3) is 10.8 Å². The van der Waals surface area contributed by atoms with Crippen molar-refractivity contribution >= 4 is 39.6 Å². The van der Waals surface area contributed by atoms with Gasteiger partial charge in [0.1, 0.15) is 23.0 Å². The average molecular weight is 566 g/mol. The number of carbonyl (C=O) groups excluding carboxylic acids is 1. The van der Waals surface area contributed by atoms with E-state index in [1.807, 2.05) is 54.4 Å².